The fraction of sp³-hybridized carbons (Fsp3) is 0.500. The van der Waals surface area contributed by atoms with E-state index in [0.717, 1.165) is 0 Å². The number of carbonyl (C=O) groups is 2. The Bertz CT molecular complexity index is 155. The van der Waals surface area contributed by atoms with Crippen LogP contribution in [0.1, 0.15) is 0 Å². The zero-order chi connectivity index (χ0) is 7.07. The fourth-order valence-electron chi connectivity index (χ4n) is 0.482. The van der Waals surface area contributed by atoms with Crippen LogP contribution in [0.25, 0.3) is 0 Å². The lowest BCUT2D eigenvalue weighted by Crippen LogP contribution is -2.36. The molecule has 1 rings (SSSR count). The van der Waals surface area contributed by atoms with Crippen molar-refractivity contribution in [3.63, 3.8) is 0 Å². The molecule has 0 saturated carbocycles. The van der Waals surface area contributed by atoms with E-state index in [1.807, 2.05) is 0 Å². The molecule has 9 heavy (non-hydrogen) atoms. The van der Waals surface area contributed by atoms with Crippen LogP contribution in [-0.4, -0.2) is 34.2 Å². The van der Waals surface area contributed by atoms with Crippen LogP contribution in [0.5, 0.6) is 0 Å². The van der Waals surface area contributed by atoms with Crippen molar-refractivity contribution < 1.29 is 19.8 Å². The molecule has 0 aromatic carbocycles. The molecule has 1 aliphatic rings. The quantitative estimate of drug-likeness (QED) is 0.313. The molecule has 5 heteroatoms. The summed E-state index contributed by atoms with van der Waals surface area (Å²) in [7, 11) is 0. The van der Waals surface area contributed by atoms with Gasteiger partial charge >= 0.3 is 11.9 Å². The largest absolute Gasteiger partial charge is 0.479 e. The standard InChI is InChI=1S/C4H5NO4/c6-2(7)4(1-5-4)3(8)9/h5H,1H2,(H,6,7)(H,8,9). The molecule has 1 heterocycles. The zero-order valence-corrected chi connectivity index (χ0v) is 4.42. The molecule has 0 radical (unpaired) electrons. The van der Waals surface area contributed by atoms with Crippen molar-refractivity contribution >= 4 is 11.9 Å². The molecular formula is C4H5NO4. The molecule has 3 N–H and O–H groups in total. The molecule has 0 atom stereocenters. The highest BCUT2D eigenvalue weighted by atomic mass is 16.4. The third kappa shape index (κ3) is 0.655. The van der Waals surface area contributed by atoms with Gasteiger partial charge in [-0.2, -0.15) is 0 Å². The zero-order valence-electron chi connectivity index (χ0n) is 4.42. The van der Waals surface area contributed by atoms with E-state index in [2.05, 4.69) is 5.32 Å². The summed E-state index contributed by atoms with van der Waals surface area (Å²) in [5.74, 6) is -2.65. The van der Waals surface area contributed by atoms with E-state index >= 15 is 0 Å². The van der Waals surface area contributed by atoms with Crippen molar-refractivity contribution in [1.29, 1.82) is 0 Å². The Balaban J connectivity index is 2.75. The highest BCUT2D eigenvalue weighted by Gasteiger charge is 2.57. The number of carboxylic acid groups (broad SMARTS) is 2. The number of aliphatic carboxylic acids is 2. The van der Waals surface area contributed by atoms with Gasteiger partial charge in [-0.15, -0.1) is 0 Å². The summed E-state index contributed by atoms with van der Waals surface area (Å²) in [6, 6.07) is 0. The molecule has 1 aliphatic heterocycles. The van der Waals surface area contributed by atoms with Gasteiger partial charge in [-0.05, 0) is 0 Å². The minimum atomic E-state index is -1.67. The lowest BCUT2D eigenvalue weighted by atomic mass is 10.2. The lowest BCUT2D eigenvalue weighted by Gasteiger charge is -1.97. The van der Waals surface area contributed by atoms with Gasteiger partial charge < -0.3 is 10.2 Å². The van der Waals surface area contributed by atoms with Crippen LogP contribution < -0.4 is 5.32 Å². The second-order valence-corrected chi connectivity index (χ2v) is 1.87. The summed E-state index contributed by atoms with van der Waals surface area (Å²) in [5.41, 5.74) is -1.67. The van der Waals surface area contributed by atoms with E-state index in [4.69, 9.17) is 10.2 Å². The summed E-state index contributed by atoms with van der Waals surface area (Å²) in [6.45, 7) is 0.0255. The summed E-state index contributed by atoms with van der Waals surface area (Å²) >= 11 is 0. The average molecular weight is 131 g/mol. The van der Waals surface area contributed by atoms with Gasteiger partial charge in [0.05, 0.1) is 0 Å². The van der Waals surface area contributed by atoms with E-state index < -0.39 is 17.5 Å². The van der Waals surface area contributed by atoms with Crippen LogP contribution in [0.2, 0.25) is 0 Å². The van der Waals surface area contributed by atoms with Crippen molar-refractivity contribution in [2.75, 3.05) is 6.54 Å². The van der Waals surface area contributed by atoms with Crippen molar-refractivity contribution in [2.45, 2.75) is 5.54 Å². The first-order valence-electron chi connectivity index (χ1n) is 2.31. The number of hydrogen-bond acceptors (Lipinski definition) is 3. The first-order chi connectivity index (χ1) is 4.09. The third-order valence-electron chi connectivity index (χ3n) is 1.26. The topological polar surface area (TPSA) is 96.5 Å². The maximum atomic E-state index is 10.1. The monoisotopic (exact) mass is 131 g/mol. The van der Waals surface area contributed by atoms with Crippen LogP contribution >= 0.6 is 0 Å². The molecule has 0 bridgehead atoms. The molecule has 1 fully saturated rings. The smallest absolute Gasteiger partial charge is 0.337 e. The van der Waals surface area contributed by atoms with Gasteiger partial charge in [0.2, 0.25) is 5.54 Å². The molecule has 0 unspecified atom stereocenters. The van der Waals surface area contributed by atoms with E-state index in [1.54, 1.807) is 0 Å². The van der Waals surface area contributed by atoms with Gasteiger partial charge in [-0.1, -0.05) is 0 Å². The summed E-state index contributed by atoms with van der Waals surface area (Å²) in [6.07, 6.45) is 0. The van der Waals surface area contributed by atoms with E-state index in [9.17, 15) is 9.59 Å². The fourth-order valence-corrected chi connectivity index (χ4v) is 0.482. The second-order valence-electron chi connectivity index (χ2n) is 1.87. The normalized spacial score (nSPS) is 20.9. The number of hydrogen-bond donors (Lipinski definition) is 3. The van der Waals surface area contributed by atoms with Gasteiger partial charge in [0, 0.05) is 6.54 Å². The van der Waals surface area contributed by atoms with Crippen molar-refractivity contribution in [2.24, 2.45) is 0 Å². The Labute approximate surface area is 50.3 Å². The Morgan fingerprint density at radius 2 is 1.67 bits per heavy atom. The number of carboxylic acids is 2. The first-order valence-corrected chi connectivity index (χ1v) is 2.31. The van der Waals surface area contributed by atoms with Crippen molar-refractivity contribution in [1.82, 2.24) is 5.32 Å². The highest BCUT2D eigenvalue weighted by molar-refractivity contribution is 6.07. The number of rotatable bonds is 2. The molecule has 0 aromatic rings. The summed E-state index contributed by atoms with van der Waals surface area (Å²) in [4.78, 5) is 20.2. The van der Waals surface area contributed by atoms with Crippen LogP contribution in [0.4, 0.5) is 0 Å². The number of nitrogens with one attached hydrogen (secondary N) is 1. The second kappa shape index (κ2) is 1.44. The van der Waals surface area contributed by atoms with Gasteiger partial charge in [0.15, 0.2) is 0 Å². The Morgan fingerprint density at radius 3 is 1.67 bits per heavy atom. The van der Waals surface area contributed by atoms with Crippen LogP contribution in [0, 0.1) is 0 Å². The molecule has 50 valence electrons. The predicted molar refractivity (Wildman–Crippen MR) is 26.0 cm³/mol. The molecule has 0 amide bonds. The maximum Gasteiger partial charge on any atom is 0.337 e. The van der Waals surface area contributed by atoms with E-state index in [0.29, 0.717) is 0 Å². The summed E-state index contributed by atoms with van der Waals surface area (Å²) in [5, 5.41) is 18.7. The minimum absolute atomic E-state index is 0.0255. The molecule has 0 aromatic heterocycles. The van der Waals surface area contributed by atoms with Crippen molar-refractivity contribution in [3.05, 3.63) is 0 Å². The molecule has 0 spiro atoms. The minimum Gasteiger partial charge on any atom is -0.479 e. The SMILES string of the molecule is O=C(O)C1(C(=O)O)CN1. The molecule has 0 aliphatic carbocycles. The predicted octanol–water partition coefficient (Wildman–Crippen LogP) is -1.50. The van der Waals surface area contributed by atoms with Gasteiger partial charge in [0.25, 0.3) is 0 Å². The average Bonchev–Trinajstić information content (AvgIpc) is 2.40. The highest BCUT2D eigenvalue weighted by Crippen LogP contribution is 2.16. The summed E-state index contributed by atoms with van der Waals surface area (Å²) < 4.78 is 0. The Kier molecular flexibility index (Phi) is 0.967. The van der Waals surface area contributed by atoms with Crippen LogP contribution in [0.15, 0.2) is 0 Å². The van der Waals surface area contributed by atoms with E-state index in [-0.39, 0.29) is 6.54 Å². The van der Waals surface area contributed by atoms with Crippen LogP contribution in [0.3, 0.4) is 0 Å². The van der Waals surface area contributed by atoms with Gasteiger partial charge in [-0.3, -0.25) is 5.32 Å². The maximum absolute atomic E-state index is 10.1. The lowest BCUT2D eigenvalue weighted by molar-refractivity contribution is -0.151. The van der Waals surface area contributed by atoms with E-state index in [1.165, 1.54) is 0 Å². The van der Waals surface area contributed by atoms with Gasteiger partial charge in [0.1, 0.15) is 0 Å². The molecule has 5 nitrogen and oxygen atoms in total. The third-order valence-corrected chi connectivity index (χ3v) is 1.26. The molecular weight excluding hydrogens is 126 g/mol. The van der Waals surface area contributed by atoms with Crippen LogP contribution in [-0.2, 0) is 9.59 Å². The Hall–Kier alpha value is -1.10. The first kappa shape index (κ1) is 6.03. The molecule has 1 saturated heterocycles. The van der Waals surface area contributed by atoms with Gasteiger partial charge in [-0.25, -0.2) is 9.59 Å². The Morgan fingerprint density at radius 1 is 1.33 bits per heavy atom. The van der Waals surface area contributed by atoms with Crippen molar-refractivity contribution in [3.8, 4) is 0 Å².